The Balaban J connectivity index is 1.69. The molecule has 4 rings (SSSR count). The molecule has 0 aliphatic rings. The first-order chi connectivity index (χ1) is 17.5. The molecule has 2 N–H and O–H groups in total. The molecule has 0 aliphatic carbocycles. The zero-order valence-electron chi connectivity index (χ0n) is 21.0. The summed E-state index contributed by atoms with van der Waals surface area (Å²) in [6.07, 6.45) is -4.53. The topological polar surface area (TPSA) is 67.2 Å². The number of hydrogen-bond donors (Lipinski definition) is 2. The third-order valence-corrected chi connectivity index (χ3v) is 6.04. The quantitative estimate of drug-likeness (QED) is 0.287. The van der Waals surface area contributed by atoms with Crippen LogP contribution in [0.3, 0.4) is 0 Å². The average Bonchev–Trinajstić information content (AvgIpc) is 3.32. The summed E-state index contributed by atoms with van der Waals surface area (Å²) in [5.41, 5.74) is 2.43. The lowest BCUT2D eigenvalue weighted by Gasteiger charge is -2.18. The first-order valence-electron chi connectivity index (χ1n) is 11.8. The number of benzene rings is 3. The molecule has 0 fully saturated rings. The molecular weight excluding hydrogens is 479 g/mol. The van der Waals surface area contributed by atoms with Crippen LogP contribution in [0.25, 0.3) is 22.8 Å². The van der Waals surface area contributed by atoms with Crippen LogP contribution in [0.1, 0.15) is 48.0 Å². The number of oxazole rings is 1. The molecule has 5 nitrogen and oxygen atoms in total. The number of rotatable bonds is 6. The Morgan fingerprint density at radius 2 is 1.51 bits per heavy atom. The van der Waals surface area contributed by atoms with Crippen LogP contribution in [0.15, 0.2) is 77.2 Å². The van der Waals surface area contributed by atoms with Crippen LogP contribution in [0.2, 0.25) is 0 Å². The number of alkyl halides is 3. The van der Waals surface area contributed by atoms with Gasteiger partial charge in [0.05, 0.1) is 5.56 Å². The minimum atomic E-state index is -4.53. The molecule has 0 spiro atoms. The minimum absolute atomic E-state index is 0.00315. The second kappa shape index (κ2) is 10.1. The van der Waals surface area contributed by atoms with Gasteiger partial charge >= 0.3 is 6.18 Å². The summed E-state index contributed by atoms with van der Waals surface area (Å²) >= 11 is 0. The van der Waals surface area contributed by atoms with Gasteiger partial charge in [0.1, 0.15) is 0 Å². The highest BCUT2D eigenvalue weighted by molar-refractivity contribution is 5.98. The van der Waals surface area contributed by atoms with Crippen molar-refractivity contribution in [3.8, 4) is 22.8 Å². The van der Waals surface area contributed by atoms with Crippen molar-refractivity contribution in [1.29, 1.82) is 0 Å². The summed E-state index contributed by atoms with van der Waals surface area (Å²) in [5, 5.41) is 5.61. The highest BCUT2D eigenvalue weighted by atomic mass is 19.4. The molecule has 0 saturated heterocycles. The summed E-state index contributed by atoms with van der Waals surface area (Å²) in [6.45, 7) is 6.02. The zero-order chi connectivity index (χ0) is 26.8. The van der Waals surface area contributed by atoms with E-state index in [0.717, 1.165) is 17.3 Å². The standard InChI is InChI=1S/C29H28F3N3O2/c1-28(2,3)21-13-9-19(10-14-21)27-35-24(25(37-27)18-11-15-22(33-4)16-12-18)26(36)34-17-20-7-5-6-8-23(20)29(30,31)32/h5-16,33H,17H2,1-4H3,(H,34,36). The second-order valence-corrected chi connectivity index (χ2v) is 9.69. The molecule has 3 aromatic carbocycles. The van der Waals surface area contributed by atoms with Crippen molar-refractivity contribution < 1.29 is 22.4 Å². The monoisotopic (exact) mass is 507 g/mol. The normalized spacial score (nSPS) is 11.9. The fourth-order valence-corrected chi connectivity index (χ4v) is 3.90. The van der Waals surface area contributed by atoms with Crippen molar-refractivity contribution in [3.05, 3.63) is 95.2 Å². The van der Waals surface area contributed by atoms with Crippen LogP contribution >= 0.6 is 0 Å². The molecule has 1 heterocycles. The summed E-state index contributed by atoms with van der Waals surface area (Å²) in [6, 6.07) is 20.1. The molecule has 1 aromatic heterocycles. The van der Waals surface area contributed by atoms with Gasteiger partial charge in [-0.3, -0.25) is 4.79 Å². The van der Waals surface area contributed by atoms with E-state index in [2.05, 4.69) is 36.4 Å². The van der Waals surface area contributed by atoms with Crippen molar-refractivity contribution in [2.75, 3.05) is 12.4 Å². The Bertz CT molecular complexity index is 1380. The highest BCUT2D eigenvalue weighted by Crippen LogP contribution is 2.33. The first kappa shape index (κ1) is 26.0. The molecule has 0 aliphatic heterocycles. The number of hydrogen-bond acceptors (Lipinski definition) is 4. The Morgan fingerprint density at radius 1 is 0.892 bits per heavy atom. The molecule has 0 radical (unpaired) electrons. The SMILES string of the molecule is CNc1ccc(-c2oc(-c3ccc(C(C)(C)C)cc3)nc2C(=O)NCc2ccccc2C(F)(F)F)cc1. The fourth-order valence-electron chi connectivity index (χ4n) is 3.90. The molecule has 1 amide bonds. The van der Waals surface area contributed by atoms with Gasteiger partial charge in [-0.15, -0.1) is 0 Å². The number of halogens is 3. The van der Waals surface area contributed by atoms with Gasteiger partial charge in [-0.2, -0.15) is 13.2 Å². The Hall–Kier alpha value is -4.07. The highest BCUT2D eigenvalue weighted by Gasteiger charge is 2.33. The van der Waals surface area contributed by atoms with Crippen molar-refractivity contribution in [1.82, 2.24) is 10.3 Å². The van der Waals surface area contributed by atoms with E-state index >= 15 is 0 Å². The number of anilines is 1. The number of nitrogens with zero attached hydrogens (tertiary/aromatic N) is 1. The van der Waals surface area contributed by atoms with Gasteiger partial charge in [-0.25, -0.2) is 4.98 Å². The lowest BCUT2D eigenvalue weighted by Crippen LogP contribution is -2.25. The average molecular weight is 508 g/mol. The van der Waals surface area contributed by atoms with E-state index in [0.29, 0.717) is 11.1 Å². The van der Waals surface area contributed by atoms with Crippen LogP contribution in [0.5, 0.6) is 0 Å². The maximum Gasteiger partial charge on any atom is 0.416 e. The Morgan fingerprint density at radius 3 is 2.11 bits per heavy atom. The molecule has 0 bridgehead atoms. The minimum Gasteiger partial charge on any atom is -0.435 e. The molecular formula is C29H28F3N3O2. The van der Waals surface area contributed by atoms with Gasteiger partial charge in [-0.1, -0.05) is 51.1 Å². The predicted molar refractivity (Wildman–Crippen MR) is 138 cm³/mol. The molecule has 37 heavy (non-hydrogen) atoms. The molecule has 0 saturated carbocycles. The maximum atomic E-state index is 13.4. The van der Waals surface area contributed by atoms with Crippen LogP contribution < -0.4 is 10.6 Å². The van der Waals surface area contributed by atoms with Crippen molar-refractivity contribution in [3.63, 3.8) is 0 Å². The van der Waals surface area contributed by atoms with Crippen molar-refractivity contribution in [2.24, 2.45) is 0 Å². The predicted octanol–water partition coefficient (Wildman–Crippen LogP) is 7.30. The third-order valence-electron chi connectivity index (χ3n) is 6.04. The number of nitrogens with one attached hydrogen (secondary N) is 2. The van der Waals surface area contributed by atoms with Crippen LogP contribution in [0.4, 0.5) is 18.9 Å². The molecule has 0 atom stereocenters. The number of aromatic nitrogens is 1. The lowest BCUT2D eigenvalue weighted by molar-refractivity contribution is -0.138. The first-order valence-corrected chi connectivity index (χ1v) is 11.8. The largest absolute Gasteiger partial charge is 0.435 e. The van der Waals surface area contributed by atoms with Gasteiger partial charge in [0, 0.05) is 30.4 Å². The van der Waals surface area contributed by atoms with Gasteiger partial charge in [0.25, 0.3) is 5.91 Å². The molecule has 8 heteroatoms. The van der Waals surface area contributed by atoms with Crippen LogP contribution in [0, 0.1) is 0 Å². The lowest BCUT2D eigenvalue weighted by atomic mass is 9.87. The van der Waals surface area contributed by atoms with E-state index in [9.17, 15) is 18.0 Å². The Kier molecular flexibility index (Phi) is 7.12. The van der Waals surface area contributed by atoms with E-state index in [1.54, 1.807) is 19.2 Å². The fraction of sp³-hybridized carbons (Fsp3) is 0.241. The van der Waals surface area contributed by atoms with E-state index < -0.39 is 17.6 Å². The van der Waals surface area contributed by atoms with Gasteiger partial charge in [0.2, 0.25) is 5.89 Å². The second-order valence-electron chi connectivity index (χ2n) is 9.69. The van der Waals surface area contributed by atoms with Crippen LogP contribution in [-0.4, -0.2) is 17.9 Å². The summed E-state index contributed by atoms with van der Waals surface area (Å²) in [4.78, 5) is 17.7. The summed E-state index contributed by atoms with van der Waals surface area (Å²) in [5.74, 6) is -0.154. The van der Waals surface area contributed by atoms with E-state index in [-0.39, 0.29) is 34.9 Å². The smallest absolute Gasteiger partial charge is 0.416 e. The molecule has 4 aromatic rings. The van der Waals surface area contributed by atoms with Gasteiger partial charge in [-0.05, 0) is 59.0 Å². The summed E-state index contributed by atoms with van der Waals surface area (Å²) < 4.78 is 46.2. The van der Waals surface area contributed by atoms with Crippen molar-refractivity contribution in [2.45, 2.75) is 38.9 Å². The molecule has 192 valence electrons. The van der Waals surface area contributed by atoms with Gasteiger partial charge < -0.3 is 15.1 Å². The molecule has 0 unspecified atom stereocenters. The van der Waals surface area contributed by atoms with Crippen LogP contribution in [-0.2, 0) is 18.1 Å². The van der Waals surface area contributed by atoms with Crippen molar-refractivity contribution >= 4 is 11.6 Å². The van der Waals surface area contributed by atoms with E-state index in [4.69, 9.17) is 4.42 Å². The third kappa shape index (κ3) is 5.85. The summed E-state index contributed by atoms with van der Waals surface area (Å²) in [7, 11) is 1.79. The zero-order valence-corrected chi connectivity index (χ0v) is 21.0. The van der Waals surface area contributed by atoms with E-state index in [1.165, 1.54) is 18.2 Å². The number of carbonyl (C=O) groups excluding carboxylic acids is 1. The van der Waals surface area contributed by atoms with Gasteiger partial charge in [0.15, 0.2) is 11.5 Å². The number of carbonyl (C=O) groups is 1. The maximum absolute atomic E-state index is 13.4. The Labute approximate surface area is 213 Å². The number of amides is 1. The van der Waals surface area contributed by atoms with E-state index in [1.807, 2.05) is 36.4 Å².